The van der Waals surface area contributed by atoms with Gasteiger partial charge in [0.05, 0.1) is 21.7 Å². The number of nitrogens with one attached hydrogen (secondary N) is 1. The van der Waals surface area contributed by atoms with Crippen LogP contribution in [-0.4, -0.2) is 19.0 Å². The zero-order chi connectivity index (χ0) is 18.9. The molecule has 0 aliphatic heterocycles. The molecule has 0 aliphatic carbocycles. The molecule has 0 saturated carbocycles. The smallest absolute Gasteiger partial charge is 0.294 e. The summed E-state index contributed by atoms with van der Waals surface area (Å²) in [6.07, 6.45) is 0. The molecule has 7 heteroatoms. The number of benzene rings is 2. The summed E-state index contributed by atoms with van der Waals surface area (Å²) in [7, 11) is -3.61. The van der Waals surface area contributed by atoms with Gasteiger partial charge in [-0.05, 0) is 36.6 Å². The molecule has 3 aromatic rings. The Labute approximate surface area is 157 Å². The van der Waals surface area contributed by atoms with E-state index in [9.17, 15) is 13.2 Å². The normalized spacial score (nSPS) is 13.4. The predicted octanol–water partition coefficient (Wildman–Crippen LogP) is 3.43. The number of hydrogen-bond acceptors (Lipinski definition) is 4. The highest BCUT2D eigenvalue weighted by Crippen LogP contribution is 2.23. The Bertz CT molecular complexity index is 1070. The third-order valence-corrected chi connectivity index (χ3v) is 6.97. The van der Waals surface area contributed by atoms with Crippen LogP contribution in [0, 0.1) is 5.92 Å². The standard InChI is InChI=1S/C19H22N2O3S2/c1-13(2)14(3)20-26(23,24)16-9-10-17-18(11-16)25-19(22)21(17)12-15-7-5-4-6-8-15/h4-11,13-14,20H,12H2,1-3H3/t14-/m0/s1. The lowest BCUT2D eigenvalue weighted by atomic mass is 10.1. The Hall–Kier alpha value is -1.96. The van der Waals surface area contributed by atoms with Crippen LogP contribution >= 0.6 is 11.3 Å². The summed E-state index contributed by atoms with van der Waals surface area (Å²) >= 11 is 1.07. The lowest BCUT2D eigenvalue weighted by Gasteiger charge is -2.17. The number of nitrogens with zero attached hydrogens (tertiary/aromatic N) is 1. The van der Waals surface area contributed by atoms with Crippen molar-refractivity contribution in [2.75, 3.05) is 0 Å². The Balaban J connectivity index is 1.97. The summed E-state index contributed by atoms with van der Waals surface area (Å²) in [6.45, 7) is 6.24. The van der Waals surface area contributed by atoms with Crippen molar-refractivity contribution in [2.45, 2.75) is 38.3 Å². The first-order valence-electron chi connectivity index (χ1n) is 8.47. The summed E-state index contributed by atoms with van der Waals surface area (Å²) in [4.78, 5) is 12.5. The fraction of sp³-hybridized carbons (Fsp3) is 0.316. The largest absolute Gasteiger partial charge is 0.308 e. The highest BCUT2D eigenvalue weighted by molar-refractivity contribution is 7.89. The summed E-state index contributed by atoms with van der Waals surface area (Å²) in [5, 5.41) is 0. The minimum atomic E-state index is -3.61. The van der Waals surface area contributed by atoms with Crippen molar-refractivity contribution in [2.24, 2.45) is 5.92 Å². The molecule has 5 nitrogen and oxygen atoms in total. The van der Waals surface area contributed by atoms with Gasteiger partial charge in [-0.3, -0.25) is 9.36 Å². The van der Waals surface area contributed by atoms with Crippen LogP contribution in [0.5, 0.6) is 0 Å². The molecule has 26 heavy (non-hydrogen) atoms. The highest BCUT2D eigenvalue weighted by atomic mass is 32.2. The first-order chi connectivity index (χ1) is 12.3. The average Bonchev–Trinajstić information content (AvgIpc) is 2.90. The molecule has 138 valence electrons. The van der Waals surface area contributed by atoms with Crippen LogP contribution in [0.1, 0.15) is 26.3 Å². The second kappa shape index (κ2) is 7.34. The zero-order valence-electron chi connectivity index (χ0n) is 15.0. The molecule has 1 aromatic heterocycles. The first-order valence-corrected chi connectivity index (χ1v) is 10.8. The van der Waals surface area contributed by atoms with Crippen molar-refractivity contribution >= 4 is 31.6 Å². The van der Waals surface area contributed by atoms with Crippen molar-refractivity contribution in [3.05, 3.63) is 63.8 Å². The van der Waals surface area contributed by atoms with Gasteiger partial charge in [-0.1, -0.05) is 55.5 Å². The van der Waals surface area contributed by atoms with E-state index in [1.54, 1.807) is 22.8 Å². The Morgan fingerprint density at radius 1 is 1.08 bits per heavy atom. The summed E-state index contributed by atoms with van der Waals surface area (Å²) in [6, 6.07) is 14.4. The molecule has 1 atom stereocenters. The number of fused-ring (bicyclic) bond motifs is 1. The molecule has 0 bridgehead atoms. The molecule has 1 N–H and O–H groups in total. The minimum Gasteiger partial charge on any atom is -0.294 e. The summed E-state index contributed by atoms with van der Waals surface area (Å²) in [5.74, 6) is 0.191. The molecular weight excluding hydrogens is 368 g/mol. The molecule has 3 rings (SSSR count). The van der Waals surface area contributed by atoms with Crippen molar-refractivity contribution in [3.8, 4) is 0 Å². The Morgan fingerprint density at radius 3 is 2.42 bits per heavy atom. The van der Waals surface area contributed by atoms with Crippen molar-refractivity contribution < 1.29 is 8.42 Å². The van der Waals surface area contributed by atoms with Gasteiger partial charge in [0.1, 0.15) is 0 Å². The van der Waals surface area contributed by atoms with E-state index < -0.39 is 10.0 Å². The van der Waals surface area contributed by atoms with Crippen molar-refractivity contribution in [1.29, 1.82) is 0 Å². The average molecular weight is 391 g/mol. The van der Waals surface area contributed by atoms with Crippen molar-refractivity contribution in [1.82, 2.24) is 9.29 Å². The lowest BCUT2D eigenvalue weighted by molar-refractivity contribution is 0.476. The molecular formula is C19H22N2O3S2. The molecule has 0 spiro atoms. The fourth-order valence-corrected chi connectivity index (χ4v) is 5.00. The van der Waals surface area contributed by atoms with Gasteiger partial charge in [0.25, 0.3) is 0 Å². The third kappa shape index (κ3) is 3.90. The molecule has 0 amide bonds. The van der Waals surface area contributed by atoms with Crippen LogP contribution < -0.4 is 9.60 Å². The van der Waals surface area contributed by atoms with Crippen molar-refractivity contribution in [3.63, 3.8) is 0 Å². The van der Waals surface area contributed by atoms with E-state index in [2.05, 4.69) is 4.72 Å². The van der Waals surface area contributed by atoms with Gasteiger partial charge in [0, 0.05) is 6.04 Å². The topological polar surface area (TPSA) is 68.2 Å². The van der Waals surface area contributed by atoms with Crippen LogP contribution in [0.3, 0.4) is 0 Å². The molecule has 0 radical (unpaired) electrons. The van der Waals surface area contributed by atoms with Gasteiger partial charge < -0.3 is 0 Å². The van der Waals surface area contributed by atoms with E-state index in [4.69, 9.17) is 0 Å². The highest BCUT2D eigenvalue weighted by Gasteiger charge is 2.20. The molecule has 2 aromatic carbocycles. The van der Waals surface area contributed by atoms with E-state index in [-0.39, 0.29) is 21.7 Å². The van der Waals surface area contributed by atoms with Gasteiger partial charge in [-0.2, -0.15) is 0 Å². The molecule has 1 heterocycles. The number of aromatic nitrogens is 1. The number of hydrogen-bond donors (Lipinski definition) is 1. The SMILES string of the molecule is CC(C)[C@H](C)NS(=O)(=O)c1ccc2c(c1)sc(=O)n2Cc1ccccc1. The maximum Gasteiger partial charge on any atom is 0.308 e. The van der Waals surface area contributed by atoms with E-state index in [0.717, 1.165) is 22.4 Å². The first kappa shape index (κ1) is 18.8. The van der Waals surface area contributed by atoms with E-state index >= 15 is 0 Å². The van der Waals surface area contributed by atoms with Crippen LogP contribution in [0.25, 0.3) is 10.2 Å². The molecule has 0 unspecified atom stereocenters. The predicted molar refractivity (Wildman–Crippen MR) is 106 cm³/mol. The molecule has 0 fully saturated rings. The van der Waals surface area contributed by atoms with E-state index in [0.29, 0.717) is 11.2 Å². The Morgan fingerprint density at radius 2 is 1.77 bits per heavy atom. The lowest BCUT2D eigenvalue weighted by Crippen LogP contribution is -2.36. The van der Waals surface area contributed by atoms with Crippen LogP contribution in [0.4, 0.5) is 0 Å². The van der Waals surface area contributed by atoms with Crippen LogP contribution in [-0.2, 0) is 16.6 Å². The second-order valence-corrected chi connectivity index (χ2v) is 9.43. The number of rotatable bonds is 6. The third-order valence-electron chi connectivity index (χ3n) is 4.47. The maximum atomic E-state index is 12.6. The van der Waals surface area contributed by atoms with Gasteiger partial charge >= 0.3 is 4.87 Å². The second-order valence-electron chi connectivity index (χ2n) is 6.72. The van der Waals surface area contributed by atoms with E-state index in [1.165, 1.54) is 0 Å². The van der Waals surface area contributed by atoms with E-state index in [1.807, 2.05) is 51.1 Å². The van der Waals surface area contributed by atoms with Gasteiger partial charge in [0.15, 0.2) is 0 Å². The molecule has 0 saturated heterocycles. The monoisotopic (exact) mass is 390 g/mol. The quantitative estimate of drug-likeness (QED) is 0.701. The zero-order valence-corrected chi connectivity index (χ0v) is 16.6. The molecule has 0 aliphatic rings. The number of sulfonamides is 1. The summed E-state index contributed by atoms with van der Waals surface area (Å²) in [5.41, 5.74) is 1.78. The van der Waals surface area contributed by atoms with Gasteiger partial charge in [-0.15, -0.1) is 0 Å². The Kier molecular flexibility index (Phi) is 5.32. The van der Waals surface area contributed by atoms with Gasteiger partial charge in [-0.25, -0.2) is 13.1 Å². The van der Waals surface area contributed by atoms with Crippen LogP contribution in [0.2, 0.25) is 0 Å². The minimum absolute atomic E-state index is 0.0955. The van der Waals surface area contributed by atoms with Gasteiger partial charge in [0.2, 0.25) is 10.0 Å². The van der Waals surface area contributed by atoms with Crippen LogP contribution in [0.15, 0.2) is 58.2 Å². The summed E-state index contributed by atoms with van der Waals surface area (Å²) < 4.78 is 30.2. The fourth-order valence-electron chi connectivity index (χ4n) is 2.58. The maximum absolute atomic E-state index is 12.6. The number of thiazole rings is 1.